The van der Waals surface area contributed by atoms with Gasteiger partial charge in [-0.2, -0.15) is 0 Å². The fraction of sp³-hybridized carbons (Fsp3) is 0.300. The Bertz CT molecular complexity index is 891. The van der Waals surface area contributed by atoms with Gasteiger partial charge in [0.05, 0.1) is 10.0 Å². The molecule has 2 unspecified atom stereocenters. The second-order valence-corrected chi connectivity index (χ2v) is 7.46. The summed E-state index contributed by atoms with van der Waals surface area (Å²) in [6.07, 6.45) is 0.194. The molecule has 1 aromatic carbocycles. The van der Waals surface area contributed by atoms with Gasteiger partial charge in [-0.1, -0.05) is 55.2 Å². The Kier molecular flexibility index (Phi) is 7.99. The van der Waals surface area contributed by atoms with Crippen molar-refractivity contribution < 1.29 is 19.1 Å². The summed E-state index contributed by atoms with van der Waals surface area (Å²) in [5.41, 5.74) is 0.417. The number of nitrogens with one attached hydrogen (secondary N) is 2. The van der Waals surface area contributed by atoms with E-state index >= 15 is 0 Å². The summed E-state index contributed by atoms with van der Waals surface area (Å²) in [7, 11) is 0. The third kappa shape index (κ3) is 6.44. The molecule has 154 valence electrons. The smallest absolute Gasteiger partial charge is 0.329 e. The average molecular weight is 438 g/mol. The number of esters is 1. The molecule has 0 aliphatic rings. The standard InChI is InChI=1S/C20H21Cl2N3O4/c1-11(2)16(24-19(27)13-7-5-4-6-8-13)20(28)29-12(3)18(26)25-17-15(22)9-14(21)10-23-17/h4-12,16H,1-3H3,(H,24,27)(H,23,25,26). The molecular weight excluding hydrogens is 417 g/mol. The normalized spacial score (nSPS) is 12.8. The van der Waals surface area contributed by atoms with E-state index in [0.717, 1.165) is 0 Å². The first-order valence-corrected chi connectivity index (χ1v) is 9.63. The van der Waals surface area contributed by atoms with Crippen LogP contribution < -0.4 is 10.6 Å². The molecule has 7 nitrogen and oxygen atoms in total. The van der Waals surface area contributed by atoms with Crippen molar-refractivity contribution in [3.63, 3.8) is 0 Å². The number of amides is 2. The molecule has 0 spiro atoms. The number of rotatable bonds is 7. The average Bonchev–Trinajstić information content (AvgIpc) is 2.68. The molecule has 0 saturated heterocycles. The maximum atomic E-state index is 12.6. The SMILES string of the molecule is CC(OC(=O)C(NC(=O)c1ccccc1)C(C)C)C(=O)Nc1ncc(Cl)cc1Cl. The van der Waals surface area contributed by atoms with Gasteiger partial charge in [-0.25, -0.2) is 9.78 Å². The number of carbonyl (C=O) groups is 3. The molecular formula is C20H21Cl2N3O4. The van der Waals surface area contributed by atoms with Crippen molar-refractivity contribution in [1.82, 2.24) is 10.3 Å². The monoisotopic (exact) mass is 437 g/mol. The van der Waals surface area contributed by atoms with Gasteiger partial charge in [0.1, 0.15) is 6.04 Å². The molecule has 0 bridgehead atoms. The molecule has 2 N–H and O–H groups in total. The fourth-order valence-corrected chi connectivity index (χ4v) is 2.77. The highest BCUT2D eigenvalue weighted by atomic mass is 35.5. The van der Waals surface area contributed by atoms with E-state index < -0.39 is 29.9 Å². The molecule has 0 aliphatic carbocycles. The maximum absolute atomic E-state index is 12.6. The van der Waals surface area contributed by atoms with Gasteiger partial charge in [0.15, 0.2) is 11.9 Å². The van der Waals surface area contributed by atoms with Crippen LogP contribution in [0.25, 0.3) is 0 Å². The number of aromatic nitrogens is 1. The van der Waals surface area contributed by atoms with E-state index in [9.17, 15) is 14.4 Å². The molecule has 0 saturated carbocycles. The second-order valence-electron chi connectivity index (χ2n) is 6.61. The Hall–Kier alpha value is -2.64. The molecule has 0 fully saturated rings. The van der Waals surface area contributed by atoms with E-state index in [2.05, 4.69) is 15.6 Å². The lowest BCUT2D eigenvalue weighted by Crippen LogP contribution is -2.47. The van der Waals surface area contributed by atoms with Crippen molar-refractivity contribution in [1.29, 1.82) is 0 Å². The lowest BCUT2D eigenvalue weighted by molar-refractivity contribution is -0.156. The summed E-state index contributed by atoms with van der Waals surface area (Å²) in [4.78, 5) is 41.1. The van der Waals surface area contributed by atoms with Crippen LogP contribution in [0.1, 0.15) is 31.1 Å². The second kappa shape index (κ2) is 10.2. The van der Waals surface area contributed by atoms with Crippen LogP contribution in [0.5, 0.6) is 0 Å². The molecule has 2 aromatic rings. The number of pyridine rings is 1. The number of carbonyl (C=O) groups excluding carboxylic acids is 3. The van der Waals surface area contributed by atoms with Crippen molar-refractivity contribution in [2.75, 3.05) is 5.32 Å². The number of hydrogen-bond acceptors (Lipinski definition) is 5. The highest BCUT2D eigenvalue weighted by molar-refractivity contribution is 6.36. The number of ether oxygens (including phenoxy) is 1. The summed E-state index contributed by atoms with van der Waals surface area (Å²) >= 11 is 11.7. The highest BCUT2D eigenvalue weighted by Gasteiger charge is 2.29. The first-order valence-electron chi connectivity index (χ1n) is 8.87. The van der Waals surface area contributed by atoms with Gasteiger partial charge < -0.3 is 15.4 Å². The van der Waals surface area contributed by atoms with Crippen molar-refractivity contribution in [3.05, 3.63) is 58.2 Å². The Balaban J connectivity index is 2.00. The summed E-state index contributed by atoms with van der Waals surface area (Å²) < 4.78 is 5.25. The van der Waals surface area contributed by atoms with Gasteiger partial charge in [0.2, 0.25) is 0 Å². The maximum Gasteiger partial charge on any atom is 0.329 e. The molecule has 0 aliphatic heterocycles. The van der Waals surface area contributed by atoms with Crippen molar-refractivity contribution >= 4 is 46.8 Å². The zero-order valence-electron chi connectivity index (χ0n) is 16.1. The summed E-state index contributed by atoms with van der Waals surface area (Å²) in [5.74, 6) is -1.90. The first kappa shape index (κ1) is 22.6. The molecule has 2 atom stereocenters. The number of halogens is 2. The van der Waals surface area contributed by atoms with Crippen LogP contribution in [0.2, 0.25) is 10.0 Å². The number of nitrogens with zero attached hydrogens (tertiary/aromatic N) is 1. The topological polar surface area (TPSA) is 97.4 Å². The lowest BCUT2D eigenvalue weighted by Gasteiger charge is -2.23. The third-order valence-corrected chi connectivity index (χ3v) is 4.45. The van der Waals surface area contributed by atoms with E-state index in [0.29, 0.717) is 10.6 Å². The predicted molar refractivity (Wildman–Crippen MR) is 111 cm³/mol. The fourth-order valence-electron chi connectivity index (χ4n) is 2.34. The van der Waals surface area contributed by atoms with Crippen LogP contribution in [0.15, 0.2) is 42.6 Å². The van der Waals surface area contributed by atoms with E-state index in [4.69, 9.17) is 27.9 Å². The minimum absolute atomic E-state index is 0.0988. The van der Waals surface area contributed by atoms with E-state index in [1.165, 1.54) is 19.2 Å². The van der Waals surface area contributed by atoms with Crippen LogP contribution in [0, 0.1) is 5.92 Å². The Morgan fingerprint density at radius 2 is 1.72 bits per heavy atom. The van der Waals surface area contributed by atoms with Gasteiger partial charge in [0.25, 0.3) is 11.8 Å². The molecule has 1 heterocycles. The Labute approximate surface area is 178 Å². The molecule has 0 radical (unpaired) electrons. The van der Waals surface area contributed by atoms with Crippen LogP contribution in [0.3, 0.4) is 0 Å². The zero-order valence-corrected chi connectivity index (χ0v) is 17.6. The predicted octanol–water partition coefficient (Wildman–Crippen LogP) is 3.71. The summed E-state index contributed by atoms with van der Waals surface area (Å²) in [6, 6.07) is 9.01. The van der Waals surface area contributed by atoms with Crippen LogP contribution >= 0.6 is 23.2 Å². The number of hydrogen-bond donors (Lipinski definition) is 2. The van der Waals surface area contributed by atoms with E-state index in [-0.39, 0.29) is 16.8 Å². The summed E-state index contributed by atoms with van der Waals surface area (Å²) in [6.45, 7) is 4.94. The zero-order chi connectivity index (χ0) is 21.6. The Morgan fingerprint density at radius 1 is 1.07 bits per heavy atom. The van der Waals surface area contributed by atoms with Crippen molar-refractivity contribution in [3.8, 4) is 0 Å². The highest BCUT2D eigenvalue weighted by Crippen LogP contribution is 2.22. The minimum Gasteiger partial charge on any atom is -0.451 e. The van der Waals surface area contributed by atoms with Crippen molar-refractivity contribution in [2.24, 2.45) is 5.92 Å². The Morgan fingerprint density at radius 3 is 2.31 bits per heavy atom. The number of benzene rings is 1. The molecule has 2 rings (SSSR count). The quantitative estimate of drug-likeness (QED) is 0.643. The molecule has 1 aromatic heterocycles. The molecule has 2 amide bonds. The third-order valence-electron chi connectivity index (χ3n) is 3.95. The lowest BCUT2D eigenvalue weighted by atomic mass is 10.0. The first-order chi connectivity index (χ1) is 13.7. The van der Waals surface area contributed by atoms with Gasteiger partial charge >= 0.3 is 5.97 Å². The van der Waals surface area contributed by atoms with Crippen LogP contribution in [-0.4, -0.2) is 34.9 Å². The van der Waals surface area contributed by atoms with Crippen molar-refractivity contribution in [2.45, 2.75) is 32.9 Å². The minimum atomic E-state index is -1.13. The molecule has 9 heteroatoms. The van der Waals surface area contributed by atoms with E-state index in [1.807, 2.05) is 0 Å². The van der Waals surface area contributed by atoms with Crippen LogP contribution in [0.4, 0.5) is 5.82 Å². The van der Waals surface area contributed by atoms with Gasteiger partial charge in [0, 0.05) is 11.8 Å². The van der Waals surface area contributed by atoms with Crippen LogP contribution in [-0.2, 0) is 14.3 Å². The summed E-state index contributed by atoms with van der Waals surface area (Å²) in [5, 5.41) is 5.59. The van der Waals surface area contributed by atoms with Gasteiger partial charge in [-0.15, -0.1) is 0 Å². The van der Waals surface area contributed by atoms with E-state index in [1.54, 1.807) is 44.2 Å². The molecule has 29 heavy (non-hydrogen) atoms. The largest absolute Gasteiger partial charge is 0.451 e. The van der Waals surface area contributed by atoms with Gasteiger partial charge in [-0.3, -0.25) is 9.59 Å². The number of anilines is 1. The van der Waals surface area contributed by atoms with Gasteiger partial charge in [-0.05, 0) is 31.0 Å².